The van der Waals surface area contributed by atoms with Crippen LogP contribution in [0.2, 0.25) is 0 Å². The fraction of sp³-hybridized carbons (Fsp3) is 0.571. The molecule has 2 unspecified atom stereocenters. The third-order valence-electron chi connectivity index (χ3n) is 3.43. The Labute approximate surface area is 120 Å². The number of rotatable bonds is 5. The Morgan fingerprint density at radius 3 is 2.84 bits per heavy atom. The monoisotopic (exact) mass is 333 g/mol. The summed E-state index contributed by atoms with van der Waals surface area (Å²) in [5, 5.41) is 3.31. The number of hydrogen-bond donors (Lipinski definition) is 1. The van der Waals surface area contributed by atoms with Gasteiger partial charge in [0.1, 0.15) is 11.6 Å². The molecule has 2 atom stereocenters. The van der Waals surface area contributed by atoms with Crippen LogP contribution in [0.15, 0.2) is 16.6 Å². The van der Waals surface area contributed by atoms with Crippen molar-refractivity contribution in [1.29, 1.82) is 0 Å². The van der Waals surface area contributed by atoms with Crippen molar-refractivity contribution in [3.05, 3.63) is 33.8 Å². The average Bonchev–Trinajstić information content (AvgIpc) is 2.89. The molecule has 1 N–H and O–H groups in total. The van der Waals surface area contributed by atoms with Gasteiger partial charge in [0.25, 0.3) is 0 Å². The summed E-state index contributed by atoms with van der Waals surface area (Å²) < 4.78 is 33.3. The molecule has 106 valence electrons. The lowest BCUT2D eigenvalue weighted by atomic mass is 9.91. The minimum atomic E-state index is -0.432. The summed E-state index contributed by atoms with van der Waals surface area (Å²) >= 11 is 3.01. The van der Waals surface area contributed by atoms with Gasteiger partial charge in [-0.3, -0.25) is 0 Å². The molecule has 0 amide bonds. The summed E-state index contributed by atoms with van der Waals surface area (Å²) in [4.78, 5) is 0. The maximum atomic E-state index is 14.1. The van der Waals surface area contributed by atoms with E-state index in [1.165, 1.54) is 12.1 Å². The van der Waals surface area contributed by atoms with Crippen LogP contribution in [0.4, 0.5) is 8.78 Å². The standard InChI is InChI=1S/C14H18BrF2NO/c1-2-4-18-14(9-3-5-19-8-9)10-6-13(17)11(15)7-12(10)16/h6-7,9,14,18H,2-5,8H2,1H3. The predicted octanol–water partition coefficient (Wildman–Crippen LogP) is 3.80. The van der Waals surface area contributed by atoms with Crippen LogP contribution in [0, 0.1) is 17.6 Å². The first-order valence-electron chi connectivity index (χ1n) is 6.59. The van der Waals surface area contributed by atoms with Crippen LogP contribution in [0.25, 0.3) is 0 Å². The fourth-order valence-electron chi connectivity index (χ4n) is 2.42. The Hall–Kier alpha value is -0.520. The highest BCUT2D eigenvalue weighted by molar-refractivity contribution is 9.10. The molecule has 1 heterocycles. The van der Waals surface area contributed by atoms with Gasteiger partial charge in [-0.05, 0) is 47.4 Å². The van der Waals surface area contributed by atoms with Crippen molar-refractivity contribution >= 4 is 15.9 Å². The summed E-state index contributed by atoms with van der Waals surface area (Å²) in [6.07, 6.45) is 1.82. The molecule has 5 heteroatoms. The molecule has 1 aromatic carbocycles. The van der Waals surface area contributed by atoms with E-state index in [-0.39, 0.29) is 22.2 Å². The van der Waals surface area contributed by atoms with Gasteiger partial charge in [-0.2, -0.15) is 0 Å². The van der Waals surface area contributed by atoms with Crippen LogP contribution in [-0.2, 0) is 4.74 Å². The van der Waals surface area contributed by atoms with E-state index in [0.717, 1.165) is 19.4 Å². The normalized spacial score (nSPS) is 20.7. The summed E-state index contributed by atoms with van der Waals surface area (Å²) in [6.45, 7) is 4.11. The van der Waals surface area contributed by atoms with Gasteiger partial charge in [0.05, 0.1) is 11.1 Å². The SMILES string of the molecule is CCCNC(c1cc(F)c(Br)cc1F)C1CCOC1. The Bertz CT molecular complexity index is 436. The number of hydrogen-bond acceptors (Lipinski definition) is 2. The Balaban J connectivity index is 2.28. The van der Waals surface area contributed by atoms with Crippen molar-refractivity contribution in [2.75, 3.05) is 19.8 Å². The second-order valence-electron chi connectivity index (χ2n) is 4.84. The lowest BCUT2D eigenvalue weighted by Gasteiger charge is -2.25. The van der Waals surface area contributed by atoms with Crippen LogP contribution in [0.3, 0.4) is 0 Å². The number of ether oxygens (including phenoxy) is 1. The highest BCUT2D eigenvalue weighted by Gasteiger charge is 2.29. The van der Waals surface area contributed by atoms with E-state index in [1.54, 1.807) is 0 Å². The van der Waals surface area contributed by atoms with Crippen LogP contribution in [-0.4, -0.2) is 19.8 Å². The predicted molar refractivity (Wildman–Crippen MR) is 74.0 cm³/mol. The maximum Gasteiger partial charge on any atom is 0.137 e. The van der Waals surface area contributed by atoms with Gasteiger partial charge in [0.2, 0.25) is 0 Å². The van der Waals surface area contributed by atoms with Crippen molar-refractivity contribution in [3.63, 3.8) is 0 Å². The van der Waals surface area contributed by atoms with Gasteiger partial charge >= 0.3 is 0 Å². The Morgan fingerprint density at radius 1 is 1.42 bits per heavy atom. The summed E-state index contributed by atoms with van der Waals surface area (Å²) in [5.41, 5.74) is 0.393. The second kappa shape index (κ2) is 6.77. The molecule has 0 radical (unpaired) electrons. The first-order chi connectivity index (χ1) is 9.13. The van der Waals surface area contributed by atoms with Gasteiger partial charge in [-0.1, -0.05) is 6.92 Å². The average molecular weight is 334 g/mol. The van der Waals surface area contributed by atoms with Crippen molar-refractivity contribution in [3.8, 4) is 0 Å². The molecule has 0 aliphatic carbocycles. The van der Waals surface area contributed by atoms with Gasteiger partial charge in [-0.15, -0.1) is 0 Å². The maximum absolute atomic E-state index is 14.1. The van der Waals surface area contributed by atoms with Gasteiger partial charge in [0.15, 0.2) is 0 Å². The van der Waals surface area contributed by atoms with Crippen molar-refractivity contribution < 1.29 is 13.5 Å². The molecule has 0 bridgehead atoms. The van der Waals surface area contributed by atoms with E-state index in [9.17, 15) is 8.78 Å². The van der Waals surface area contributed by atoms with E-state index in [2.05, 4.69) is 21.2 Å². The lowest BCUT2D eigenvalue weighted by molar-refractivity contribution is 0.176. The third-order valence-corrected chi connectivity index (χ3v) is 4.03. The minimum absolute atomic E-state index is 0.158. The largest absolute Gasteiger partial charge is 0.381 e. The highest BCUT2D eigenvalue weighted by atomic mass is 79.9. The van der Waals surface area contributed by atoms with Gasteiger partial charge in [-0.25, -0.2) is 8.78 Å². The van der Waals surface area contributed by atoms with Crippen molar-refractivity contribution in [2.24, 2.45) is 5.92 Å². The topological polar surface area (TPSA) is 21.3 Å². The molecule has 1 fully saturated rings. The molecule has 1 saturated heterocycles. The van der Waals surface area contributed by atoms with E-state index in [4.69, 9.17) is 4.74 Å². The minimum Gasteiger partial charge on any atom is -0.381 e. The zero-order valence-electron chi connectivity index (χ0n) is 10.9. The summed E-state index contributed by atoms with van der Waals surface area (Å²) in [6, 6.07) is 2.29. The van der Waals surface area contributed by atoms with Crippen molar-refractivity contribution in [2.45, 2.75) is 25.8 Å². The zero-order chi connectivity index (χ0) is 13.8. The summed E-state index contributed by atoms with van der Waals surface area (Å²) in [5.74, 6) is -0.617. The first kappa shape index (κ1) is 14.9. The number of halogens is 3. The molecule has 1 aliphatic heterocycles. The molecule has 1 aromatic rings. The molecule has 1 aliphatic rings. The van der Waals surface area contributed by atoms with E-state index >= 15 is 0 Å². The van der Waals surface area contributed by atoms with Gasteiger partial charge in [0, 0.05) is 24.1 Å². The smallest absolute Gasteiger partial charge is 0.137 e. The first-order valence-corrected chi connectivity index (χ1v) is 7.38. The summed E-state index contributed by atoms with van der Waals surface area (Å²) in [7, 11) is 0. The van der Waals surface area contributed by atoms with Crippen molar-refractivity contribution in [1.82, 2.24) is 5.32 Å². The second-order valence-corrected chi connectivity index (χ2v) is 5.70. The van der Waals surface area contributed by atoms with E-state index in [1.807, 2.05) is 6.92 Å². The van der Waals surface area contributed by atoms with Gasteiger partial charge < -0.3 is 10.1 Å². The zero-order valence-corrected chi connectivity index (χ0v) is 12.5. The van der Waals surface area contributed by atoms with Crippen LogP contribution < -0.4 is 5.32 Å². The Morgan fingerprint density at radius 2 is 2.21 bits per heavy atom. The molecular formula is C14H18BrF2NO. The molecule has 0 spiro atoms. The quantitative estimate of drug-likeness (QED) is 0.827. The Kier molecular flexibility index (Phi) is 5.30. The number of nitrogens with one attached hydrogen (secondary N) is 1. The third kappa shape index (κ3) is 3.52. The number of benzene rings is 1. The van der Waals surface area contributed by atoms with E-state index < -0.39 is 5.82 Å². The van der Waals surface area contributed by atoms with E-state index in [0.29, 0.717) is 18.8 Å². The fourth-order valence-corrected chi connectivity index (χ4v) is 2.74. The van der Waals surface area contributed by atoms with Crippen LogP contribution in [0.1, 0.15) is 31.4 Å². The van der Waals surface area contributed by atoms with Crippen LogP contribution >= 0.6 is 15.9 Å². The molecule has 2 nitrogen and oxygen atoms in total. The molecule has 2 rings (SSSR count). The van der Waals surface area contributed by atoms with Crippen LogP contribution in [0.5, 0.6) is 0 Å². The molecule has 0 saturated carbocycles. The lowest BCUT2D eigenvalue weighted by Crippen LogP contribution is -2.30. The molecular weight excluding hydrogens is 316 g/mol. The molecule has 19 heavy (non-hydrogen) atoms. The molecule has 0 aromatic heterocycles. The highest BCUT2D eigenvalue weighted by Crippen LogP contribution is 2.32.